The van der Waals surface area contributed by atoms with Crippen molar-refractivity contribution in [3.8, 4) is 0 Å². The summed E-state index contributed by atoms with van der Waals surface area (Å²) in [5, 5.41) is 12.2. The summed E-state index contributed by atoms with van der Waals surface area (Å²) in [5.74, 6) is 0.672. The number of aliphatic hydroxyl groups excluding tert-OH is 1. The molecule has 2 aliphatic carbocycles. The number of carbonyl (C=O) groups is 1. The number of hydrogen-bond donors (Lipinski definition) is 2. The van der Waals surface area contributed by atoms with Gasteiger partial charge in [0.1, 0.15) is 0 Å². The molecule has 17 heavy (non-hydrogen) atoms. The Morgan fingerprint density at radius 3 is 2.82 bits per heavy atom. The number of fused-ring (bicyclic) bond motifs is 1. The van der Waals surface area contributed by atoms with Gasteiger partial charge >= 0.3 is 0 Å². The number of benzene rings is 1. The van der Waals surface area contributed by atoms with Crippen molar-refractivity contribution in [2.24, 2.45) is 5.92 Å². The highest BCUT2D eigenvalue weighted by Crippen LogP contribution is 2.35. The standard InChI is InChI=1S/C14H17NO2/c16-11-5-9(6-11)8-15-14(17)13-7-10-3-1-2-4-12(10)13/h1-4,9,11,13,16H,5-8H2,(H,15,17). The summed E-state index contributed by atoms with van der Waals surface area (Å²) >= 11 is 0. The predicted molar refractivity (Wildman–Crippen MR) is 64.6 cm³/mol. The molecule has 1 saturated carbocycles. The molecule has 1 atom stereocenters. The maximum atomic E-state index is 11.9. The van der Waals surface area contributed by atoms with Gasteiger partial charge in [0.2, 0.25) is 5.91 Å². The Bertz CT molecular complexity index is 438. The minimum Gasteiger partial charge on any atom is -0.393 e. The smallest absolute Gasteiger partial charge is 0.227 e. The van der Waals surface area contributed by atoms with E-state index in [1.807, 2.05) is 18.2 Å². The van der Waals surface area contributed by atoms with Gasteiger partial charge in [-0.25, -0.2) is 0 Å². The predicted octanol–water partition coefficient (Wildman–Crippen LogP) is 1.21. The van der Waals surface area contributed by atoms with Gasteiger partial charge in [-0.1, -0.05) is 24.3 Å². The third-order valence-electron chi connectivity index (χ3n) is 3.95. The molecule has 0 bridgehead atoms. The second-order valence-electron chi connectivity index (χ2n) is 5.19. The summed E-state index contributed by atoms with van der Waals surface area (Å²) in [7, 11) is 0. The molecule has 0 aliphatic heterocycles. The molecular weight excluding hydrogens is 214 g/mol. The molecule has 1 amide bonds. The van der Waals surface area contributed by atoms with Gasteiger partial charge in [-0.2, -0.15) is 0 Å². The molecule has 2 N–H and O–H groups in total. The Morgan fingerprint density at radius 2 is 2.12 bits per heavy atom. The summed E-state index contributed by atoms with van der Waals surface area (Å²) in [6, 6.07) is 8.13. The van der Waals surface area contributed by atoms with Crippen LogP contribution in [0.4, 0.5) is 0 Å². The lowest BCUT2D eigenvalue weighted by Crippen LogP contribution is -2.42. The highest BCUT2D eigenvalue weighted by atomic mass is 16.3. The fourth-order valence-corrected chi connectivity index (χ4v) is 2.73. The first-order chi connectivity index (χ1) is 8.24. The van der Waals surface area contributed by atoms with E-state index in [2.05, 4.69) is 11.4 Å². The highest BCUT2D eigenvalue weighted by Gasteiger charge is 2.33. The molecule has 0 heterocycles. The lowest BCUT2D eigenvalue weighted by atomic mass is 9.77. The molecule has 0 radical (unpaired) electrons. The van der Waals surface area contributed by atoms with Gasteiger partial charge in [0.25, 0.3) is 0 Å². The molecule has 0 spiro atoms. The van der Waals surface area contributed by atoms with Gasteiger partial charge in [0.05, 0.1) is 12.0 Å². The van der Waals surface area contributed by atoms with Crippen LogP contribution in [-0.2, 0) is 11.2 Å². The third kappa shape index (κ3) is 1.95. The minimum atomic E-state index is -0.138. The average Bonchev–Trinajstić information content (AvgIpc) is 2.24. The van der Waals surface area contributed by atoms with E-state index in [0.717, 1.165) is 19.3 Å². The van der Waals surface area contributed by atoms with E-state index < -0.39 is 0 Å². The molecular formula is C14H17NO2. The number of carbonyl (C=O) groups excluding carboxylic acids is 1. The first-order valence-electron chi connectivity index (χ1n) is 6.27. The zero-order chi connectivity index (χ0) is 11.8. The van der Waals surface area contributed by atoms with E-state index in [9.17, 15) is 4.79 Å². The summed E-state index contributed by atoms with van der Waals surface area (Å²) in [6.07, 6.45) is 2.40. The van der Waals surface area contributed by atoms with Crippen LogP contribution in [-0.4, -0.2) is 23.7 Å². The molecule has 3 heteroatoms. The second kappa shape index (κ2) is 4.15. The van der Waals surface area contributed by atoms with Crippen LogP contribution in [0, 0.1) is 5.92 Å². The van der Waals surface area contributed by atoms with Gasteiger partial charge in [-0.15, -0.1) is 0 Å². The van der Waals surface area contributed by atoms with Crippen molar-refractivity contribution >= 4 is 5.91 Å². The van der Waals surface area contributed by atoms with Crippen molar-refractivity contribution in [1.82, 2.24) is 5.32 Å². The molecule has 1 fully saturated rings. The molecule has 1 aromatic carbocycles. The molecule has 90 valence electrons. The van der Waals surface area contributed by atoms with Crippen LogP contribution in [0.3, 0.4) is 0 Å². The minimum absolute atomic E-state index is 0.0520. The topological polar surface area (TPSA) is 49.3 Å². The fourth-order valence-electron chi connectivity index (χ4n) is 2.73. The molecule has 0 saturated heterocycles. The number of nitrogens with one attached hydrogen (secondary N) is 1. The first kappa shape index (κ1) is 10.8. The van der Waals surface area contributed by atoms with Crippen LogP contribution in [0.1, 0.15) is 29.9 Å². The summed E-state index contributed by atoms with van der Waals surface area (Å²) < 4.78 is 0. The largest absolute Gasteiger partial charge is 0.393 e. The Hall–Kier alpha value is -1.35. The third-order valence-corrected chi connectivity index (χ3v) is 3.95. The molecule has 0 aromatic heterocycles. The number of hydrogen-bond acceptors (Lipinski definition) is 2. The van der Waals surface area contributed by atoms with Crippen molar-refractivity contribution in [2.45, 2.75) is 31.3 Å². The maximum absolute atomic E-state index is 11.9. The van der Waals surface area contributed by atoms with Gasteiger partial charge in [0, 0.05) is 6.54 Å². The number of aliphatic hydroxyl groups is 1. The van der Waals surface area contributed by atoms with E-state index >= 15 is 0 Å². The number of amides is 1. The molecule has 1 unspecified atom stereocenters. The van der Waals surface area contributed by atoms with Crippen molar-refractivity contribution in [3.63, 3.8) is 0 Å². The van der Waals surface area contributed by atoms with Crippen LogP contribution in [0.2, 0.25) is 0 Å². The van der Waals surface area contributed by atoms with E-state index in [1.165, 1.54) is 11.1 Å². The van der Waals surface area contributed by atoms with Crippen molar-refractivity contribution < 1.29 is 9.90 Å². The summed E-state index contributed by atoms with van der Waals surface area (Å²) in [6.45, 7) is 0.717. The van der Waals surface area contributed by atoms with Crippen molar-refractivity contribution in [2.75, 3.05) is 6.54 Å². The first-order valence-corrected chi connectivity index (χ1v) is 6.27. The van der Waals surface area contributed by atoms with Crippen LogP contribution in [0.5, 0.6) is 0 Å². The summed E-state index contributed by atoms with van der Waals surface area (Å²) in [5.41, 5.74) is 2.48. The Labute approximate surface area is 101 Å². The maximum Gasteiger partial charge on any atom is 0.227 e. The summed E-state index contributed by atoms with van der Waals surface area (Å²) in [4.78, 5) is 11.9. The average molecular weight is 231 g/mol. The van der Waals surface area contributed by atoms with Crippen molar-refractivity contribution in [3.05, 3.63) is 35.4 Å². The van der Waals surface area contributed by atoms with Crippen LogP contribution in [0.25, 0.3) is 0 Å². The highest BCUT2D eigenvalue weighted by molar-refractivity contribution is 5.86. The zero-order valence-corrected chi connectivity index (χ0v) is 9.73. The van der Waals surface area contributed by atoms with Crippen LogP contribution >= 0.6 is 0 Å². The van der Waals surface area contributed by atoms with Gasteiger partial charge in [0.15, 0.2) is 0 Å². The SMILES string of the molecule is O=C(NCC1CC(O)C1)C1Cc2ccccc21. The van der Waals surface area contributed by atoms with Crippen LogP contribution < -0.4 is 5.32 Å². The van der Waals surface area contributed by atoms with E-state index in [1.54, 1.807) is 0 Å². The molecule has 1 aromatic rings. The fraction of sp³-hybridized carbons (Fsp3) is 0.500. The zero-order valence-electron chi connectivity index (χ0n) is 9.73. The molecule has 3 rings (SSSR count). The molecule has 3 nitrogen and oxygen atoms in total. The van der Waals surface area contributed by atoms with Gasteiger partial charge in [-0.05, 0) is 36.3 Å². The lowest BCUT2D eigenvalue weighted by molar-refractivity contribution is -0.123. The van der Waals surface area contributed by atoms with E-state index in [0.29, 0.717) is 12.5 Å². The van der Waals surface area contributed by atoms with E-state index in [-0.39, 0.29) is 17.9 Å². The lowest BCUT2D eigenvalue weighted by Gasteiger charge is -2.33. The normalized spacial score (nSPS) is 29.8. The monoisotopic (exact) mass is 231 g/mol. The van der Waals surface area contributed by atoms with Gasteiger partial charge in [-0.3, -0.25) is 4.79 Å². The number of rotatable bonds is 3. The Kier molecular flexibility index (Phi) is 2.63. The second-order valence-corrected chi connectivity index (χ2v) is 5.19. The van der Waals surface area contributed by atoms with Crippen LogP contribution in [0.15, 0.2) is 24.3 Å². The van der Waals surface area contributed by atoms with Gasteiger partial charge < -0.3 is 10.4 Å². The van der Waals surface area contributed by atoms with E-state index in [4.69, 9.17) is 5.11 Å². The quantitative estimate of drug-likeness (QED) is 0.821. The Morgan fingerprint density at radius 1 is 1.35 bits per heavy atom. The van der Waals surface area contributed by atoms with Crippen molar-refractivity contribution in [1.29, 1.82) is 0 Å². The molecule has 2 aliphatic rings. The Balaban J connectivity index is 1.52.